The van der Waals surface area contributed by atoms with Crippen molar-refractivity contribution in [1.82, 2.24) is 4.90 Å². The molecule has 2 aliphatic heterocycles. The number of amides is 2. The third kappa shape index (κ3) is 2.92. The van der Waals surface area contributed by atoms with E-state index >= 15 is 0 Å². The molecule has 1 aromatic carbocycles. The number of nitrogens with one attached hydrogen (secondary N) is 1. The van der Waals surface area contributed by atoms with E-state index in [0.29, 0.717) is 19.0 Å². The van der Waals surface area contributed by atoms with Crippen molar-refractivity contribution in [2.24, 2.45) is 5.92 Å². The van der Waals surface area contributed by atoms with Crippen molar-refractivity contribution in [1.29, 1.82) is 0 Å². The van der Waals surface area contributed by atoms with E-state index in [1.807, 2.05) is 23.1 Å². The maximum atomic E-state index is 12.6. The molecule has 0 aromatic heterocycles. The molecular weight excluding hydrogens is 290 g/mol. The zero-order chi connectivity index (χ0) is 15.8. The monoisotopic (exact) mass is 313 g/mol. The first kappa shape index (κ1) is 14.5. The van der Waals surface area contributed by atoms with Crippen LogP contribution in [0.15, 0.2) is 24.3 Å². The van der Waals surface area contributed by atoms with E-state index < -0.39 is 0 Å². The van der Waals surface area contributed by atoms with Gasteiger partial charge in [0.2, 0.25) is 11.8 Å². The van der Waals surface area contributed by atoms with Gasteiger partial charge in [0, 0.05) is 32.1 Å². The lowest BCUT2D eigenvalue weighted by Crippen LogP contribution is -2.30. The maximum absolute atomic E-state index is 12.6. The van der Waals surface area contributed by atoms with Gasteiger partial charge in [-0.1, -0.05) is 12.1 Å². The van der Waals surface area contributed by atoms with Gasteiger partial charge in [0.25, 0.3) is 0 Å². The zero-order valence-corrected chi connectivity index (χ0v) is 13.3. The van der Waals surface area contributed by atoms with E-state index in [2.05, 4.69) is 16.3 Å². The summed E-state index contributed by atoms with van der Waals surface area (Å²) < 4.78 is 0. The average molecular weight is 313 g/mol. The Labute approximate surface area is 136 Å². The molecule has 1 atom stereocenters. The molecule has 1 aromatic rings. The Morgan fingerprint density at radius 2 is 1.87 bits per heavy atom. The lowest BCUT2D eigenvalue weighted by Gasteiger charge is -2.22. The Morgan fingerprint density at radius 3 is 2.61 bits per heavy atom. The van der Waals surface area contributed by atoms with Crippen molar-refractivity contribution < 1.29 is 9.59 Å². The average Bonchev–Trinajstić information content (AvgIpc) is 3.09. The first-order valence-electron chi connectivity index (χ1n) is 8.66. The molecule has 0 unspecified atom stereocenters. The minimum absolute atomic E-state index is 0.0202. The molecule has 5 heteroatoms. The predicted molar refractivity (Wildman–Crippen MR) is 89.4 cm³/mol. The van der Waals surface area contributed by atoms with E-state index in [1.54, 1.807) is 0 Å². The van der Waals surface area contributed by atoms with Crippen LogP contribution in [0.1, 0.15) is 32.1 Å². The number of hydrogen-bond donors (Lipinski definition) is 1. The van der Waals surface area contributed by atoms with Gasteiger partial charge >= 0.3 is 0 Å². The van der Waals surface area contributed by atoms with E-state index in [1.165, 1.54) is 12.8 Å². The highest BCUT2D eigenvalue weighted by Gasteiger charge is 2.41. The Bertz CT molecular complexity index is 620. The van der Waals surface area contributed by atoms with Crippen molar-refractivity contribution in [2.45, 2.75) is 38.1 Å². The summed E-state index contributed by atoms with van der Waals surface area (Å²) >= 11 is 0. The molecule has 122 valence electrons. The van der Waals surface area contributed by atoms with Gasteiger partial charge in [-0.15, -0.1) is 0 Å². The molecule has 1 saturated carbocycles. The third-order valence-corrected chi connectivity index (χ3v) is 5.13. The number of carbonyl (C=O) groups excluding carboxylic acids is 2. The van der Waals surface area contributed by atoms with Crippen LogP contribution in [-0.4, -0.2) is 42.4 Å². The molecule has 2 amide bonds. The largest absolute Gasteiger partial charge is 0.370 e. The number of benzene rings is 1. The van der Waals surface area contributed by atoms with Crippen LogP contribution in [0.25, 0.3) is 0 Å². The summed E-state index contributed by atoms with van der Waals surface area (Å²) in [6.45, 7) is 2.68. The Balaban J connectivity index is 1.45. The minimum atomic E-state index is -0.213. The van der Waals surface area contributed by atoms with Gasteiger partial charge < -0.3 is 15.1 Å². The second-order valence-corrected chi connectivity index (χ2v) is 6.88. The SMILES string of the molecule is O=C(Nc1ccccc1N1CCCC1)[C@@H]1CC(=O)N(C2CC2)C1. The van der Waals surface area contributed by atoms with Crippen molar-refractivity contribution >= 4 is 23.2 Å². The summed E-state index contributed by atoms with van der Waals surface area (Å²) in [5.74, 6) is -0.0941. The highest BCUT2D eigenvalue weighted by molar-refractivity contribution is 5.99. The van der Waals surface area contributed by atoms with Crippen LogP contribution in [0, 0.1) is 5.92 Å². The highest BCUT2D eigenvalue weighted by atomic mass is 16.2. The molecule has 2 saturated heterocycles. The van der Waals surface area contributed by atoms with E-state index in [9.17, 15) is 9.59 Å². The maximum Gasteiger partial charge on any atom is 0.229 e. The second-order valence-electron chi connectivity index (χ2n) is 6.88. The molecular formula is C18H23N3O2. The lowest BCUT2D eigenvalue weighted by molar-refractivity contribution is -0.128. The zero-order valence-electron chi connectivity index (χ0n) is 13.3. The van der Waals surface area contributed by atoms with Crippen LogP contribution in [0.4, 0.5) is 11.4 Å². The van der Waals surface area contributed by atoms with Crippen molar-refractivity contribution in [3.05, 3.63) is 24.3 Å². The summed E-state index contributed by atoms with van der Waals surface area (Å²) in [7, 11) is 0. The van der Waals surface area contributed by atoms with Crippen LogP contribution in [-0.2, 0) is 9.59 Å². The molecule has 0 bridgehead atoms. The standard InChI is InChI=1S/C18H23N3O2/c22-17-11-13(12-21(17)14-7-8-14)18(23)19-15-5-1-2-6-16(15)20-9-3-4-10-20/h1-2,5-6,13-14H,3-4,7-12H2,(H,19,23)/t13-/m1/s1. The van der Waals surface area contributed by atoms with Crippen LogP contribution in [0.5, 0.6) is 0 Å². The van der Waals surface area contributed by atoms with Crippen LogP contribution >= 0.6 is 0 Å². The van der Waals surface area contributed by atoms with Gasteiger partial charge in [0.1, 0.15) is 0 Å². The summed E-state index contributed by atoms with van der Waals surface area (Å²) in [6, 6.07) is 8.39. The lowest BCUT2D eigenvalue weighted by atomic mass is 10.1. The van der Waals surface area contributed by atoms with E-state index in [4.69, 9.17) is 0 Å². The molecule has 3 aliphatic rings. The molecule has 1 aliphatic carbocycles. The molecule has 23 heavy (non-hydrogen) atoms. The predicted octanol–water partition coefficient (Wildman–Crippen LogP) is 2.24. The quantitative estimate of drug-likeness (QED) is 0.927. The van der Waals surface area contributed by atoms with Crippen molar-refractivity contribution in [3.63, 3.8) is 0 Å². The number of likely N-dealkylation sites (tertiary alicyclic amines) is 1. The topological polar surface area (TPSA) is 52.7 Å². The molecule has 0 radical (unpaired) electrons. The van der Waals surface area contributed by atoms with Gasteiger partial charge in [0.15, 0.2) is 0 Å². The van der Waals surface area contributed by atoms with Gasteiger partial charge in [-0.2, -0.15) is 0 Å². The smallest absolute Gasteiger partial charge is 0.229 e. The number of anilines is 2. The fraction of sp³-hybridized carbons (Fsp3) is 0.556. The normalized spacial score (nSPS) is 24.3. The number of nitrogens with zero attached hydrogens (tertiary/aromatic N) is 2. The molecule has 4 rings (SSSR count). The first-order valence-corrected chi connectivity index (χ1v) is 8.66. The summed E-state index contributed by atoms with van der Waals surface area (Å²) in [4.78, 5) is 28.9. The summed E-state index contributed by atoms with van der Waals surface area (Å²) in [5, 5.41) is 3.07. The minimum Gasteiger partial charge on any atom is -0.370 e. The molecule has 2 heterocycles. The fourth-order valence-corrected chi connectivity index (χ4v) is 3.69. The number of rotatable bonds is 4. The number of para-hydroxylation sites is 2. The highest BCUT2D eigenvalue weighted by Crippen LogP contribution is 2.34. The molecule has 5 nitrogen and oxygen atoms in total. The Morgan fingerprint density at radius 1 is 1.13 bits per heavy atom. The fourth-order valence-electron chi connectivity index (χ4n) is 3.69. The molecule has 3 fully saturated rings. The Kier molecular flexibility index (Phi) is 3.71. The first-order chi connectivity index (χ1) is 11.2. The van der Waals surface area contributed by atoms with Gasteiger partial charge in [0.05, 0.1) is 17.3 Å². The number of carbonyl (C=O) groups is 2. The van der Waals surface area contributed by atoms with Crippen LogP contribution in [0.2, 0.25) is 0 Å². The second kappa shape index (κ2) is 5.87. The molecule has 0 spiro atoms. The van der Waals surface area contributed by atoms with Crippen molar-refractivity contribution in [3.8, 4) is 0 Å². The molecule has 1 N–H and O–H groups in total. The van der Waals surface area contributed by atoms with Gasteiger partial charge in [-0.25, -0.2) is 0 Å². The summed E-state index contributed by atoms with van der Waals surface area (Å²) in [6.07, 6.45) is 4.95. The van der Waals surface area contributed by atoms with Gasteiger partial charge in [-0.05, 0) is 37.8 Å². The van der Waals surface area contributed by atoms with Gasteiger partial charge in [-0.3, -0.25) is 9.59 Å². The summed E-state index contributed by atoms with van der Waals surface area (Å²) in [5.41, 5.74) is 1.97. The Hall–Kier alpha value is -2.04. The van der Waals surface area contributed by atoms with Crippen LogP contribution < -0.4 is 10.2 Å². The number of hydrogen-bond acceptors (Lipinski definition) is 3. The van der Waals surface area contributed by atoms with Crippen molar-refractivity contribution in [2.75, 3.05) is 29.9 Å². The van der Waals surface area contributed by atoms with E-state index in [-0.39, 0.29) is 17.7 Å². The third-order valence-electron chi connectivity index (χ3n) is 5.13. The van der Waals surface area contributed by atoms with E-state index in [0.717, 1.165) is 37.3 Å². The van der Waals surface area contributed by atoms with Crippen LogP contribution in [0.3, 0.4) is 0 Å².